The van der Waals surface area contributed by atoms with Gasteiger partial charge < -0.3 is 20.3 Å². The Morgan fingerprint density at radius 2 is 2.14 bits per heavy atom. The van der Waals surface area contributed by atoms with Gasteiger partial charge in [0.1, 0.15) is 0 Å². The summed E-state index contributed by atoms with van der Waals surface area (Å²) in [5.74, 6) is 0.646. The summed E-state index contributed by atoms with van der Waals surface area (Å²) in [5.41, 5.74) is 0.311. The van der Waals surface area contributed by atoms with Gasteiger partial charge >= 0.3 is 0 Å². The van der Waals surface area contributed by atoms with E-state index in [2.05, 4.69) is 17.1 Å². The highest BCUT2D eigenvalue weighted by Crippen LogP contribution is 2.49. The Balaban J connectivity index is 1.81. The van der Waals surface area contributed by atoms with Crippen LogP contribution in [0.25, 0.3) is 0 Å². The average Bonchev–Trinajstić information content (AvgIpc) is 2.72. The van der Waals surface area contributed by atoms with Gasteiger partial charge in [-0.15, -0.1) is 0 Å². The Morgan fingerprint density at radius 1 is 1.31 bits per heavy atom. The zero-order valence-electron chi connectivity index (χ0n) is 17.8. The molecule has 3 atom stereocenters. The second kappa shape index (κ2) is 9.81. The normalized spacial score (nSPS) is 27.3. The van der Waals surface area contributed by atoms with Gasteiger partial charge in [0, 0.05) is 25.0 Å². The summed E-state index contributed by atoms with van der Waals surface area (Å²) in [6, 6.07) is 5.33. The summed E-state index contributed by atoms with van der Waals surface area (Å²) in [7, 11) is 1.54. The van der Waals surface area contributed by atoms with Crippen LogP contribution in [0.3, 0.4) is 0 Å². The van der Waals surface area contributed by atoms with E-state index in [1.54, 1.807) is 6.07 Å². The molecule has 1 saturated carbocycles. The van der Waals surface area contributed by atoms with E-state index in [1.807, 2.05) is 12.1 Å². The molecule has 3 N–H and O–H groups in total. The molecule has 1 aliphatic heterocycles. The number of benzene rings is 1. The molecule has 2 aliphatic rings. The van der Waals surface area contributed by atoms with Crippen LogP contribution in [0.5, 0.6) is 11.5 Å². The van der Waals surface area contributed by atoms with Gasteiger partial charge in [0.2, 0.25) is 5.91 Å². The topological polar surface area (TPSA) is 82.0 Å². The summed E-state index contributed by atoms with van der Waals surface area (Å²) in [6.07, 6.45) is 7.86. The van der Waals surface area contributed by atoms with E-state index in [9.17, 15) is 15.0 Å². The van der Waals surface area contributed by atoms with E-state index in [1.165, 1.54) is 7.11 Å². The molecule has 1 aliphatic carbocycles. The van der Waals surface area contributed by atoms with Crippen LogP contribution in [-0.4, -0.2) is 53.4 Å². The Labute approximate surface area is 174 Å². The lowest BCUT2D eigenvalue weighted by atomic mass is 9.66. The molecule has 1 aromatic rings. The number of carbonyl (C=O) groups excluding carboxylic acids is 1. The number of nitrogens with zero attached hydrogens (tertiary/aromatic N) is 1. The van der Waals surface area contributed by atoms with Gasteiger partial charge in [-0.1, -0.05) is 38.7 Å². The number of nitrogens with one attached hydrogen (secondary N) is 1. The minimum atomic E-state index is -0.678. The van der Waals surface area contributed by atoms with Gasteiger partial charge in [-0.2, -0.15) is 0 Å². The second-order valence-corrected chi connectivity index (χ2v) is 8.61. The maximum absolute atomic E-state index is 12.6. The van der Waals surface area contributed by atoms with Gasteiger partial charge in [0.15, 0.2) is 11.5 Å². The molecule has 0 radical (unpaired) electrons. The molecule has 3 rings (SSSR count). The van der Waals surface area contributed by atoms with E-state index in [0.717, 1.165) is 50.5 Å². The third kappa shape index (κ3) is 5.04. The third-order valence-corrected chi connectivity index (χ3v) is 6.67. The summed E-state index contributed by atoms with van der Waals surface area (Å²) >= 11 is 0. The molecule has 2 fully saturated rings. The fraction of sp³-hybridized carbons (Fsp3) is 0.696. The minimum Gasteiger partial charge on any atom is -0.504 e. The first-order valence-corrected chi connectivity index (χ1v) is 11.1. The highest BCUT2D eigenvalue weighted by atomic mass is 16.5. The predicted octanol–water partition coefficient (Wildman–Crippen LogP) is 3.38. The molecule has 1 amide bonds. The Morgan fingerprint density at radius 3 is 2.90 bits per heavy atom. The number of methoxy groups -OCH3 is 1. The highest BCUT2D eigenvalue weighted by Gasteiger charge is 2.49. The fourth-order valence-electron chi connectivity index (χ4n) is 5.08. The number of hydrogen-bond acceptors (Lipinski definition) is 5. The number of phenolic OH excluding ortho intramolecular Hbond substituents is 1. The monoisotopic (exact) mass is 404 g/mol. The smallest absolute Gasteiger partial charge is 0.234 e. The maximum atomic E-state index is 12.6. The van der Waals surface area contributed by atoms with Crippen molar-refractivity contribution in [2.45, 2.75) is 69.9 Å². The number of aromatic hydroxyl groups is 1. The number of amides is 1. The van der Waals surface area contributed by atoms with Crippen molar-refractivity contribution < 1.29 is 19.7 Å². The van der Waals surface area contributed by atoms with Crippen LogP contribution >= 0.6 is 0 Å². The van der Waals surface area contributed by atoms with E-state index in [4.69, 9.17) is 4.74 Å². The van der Waals surface area contributed by atoms with Gasteiger partial charge in [-0.3, -0.25) is 9.69 Å². The van der Waals surface area contributed by atoms with Crippen molar-refractivity contribution in [2.24, 2.45) is 5.92 Å². The Kier molecular flexibility index (Phi) is 7.41. The molecule has 0 spiro atoms. The third-order valence-electron chi connectivity index (χ3n) is 6.67. The summed E-state index contributed by atoms with van der Waals surface area (Å²) in [6.45, 7) is 3.87. The zero-order chi connectivity index (χ0) is 20.9. The van der Waals surface area contributed by atoms with Gasteiger partial charge in [-0.25, -0.2) is 0 Å². The van der Waals surface area contributed by atoms with E-state index in [-0.39, 0.29) is 23.6 Å². The molecule has 6 nitrogen and oxygen atoms in total. The van der Waals surface area contributed by atoms with E-state index in [0.29, 0.717) is 31.8 Å². The van der Waals surface area contributed by atoms with Gasteiger partial charge in [-0.05, 0) is 43.4 Å². The summed E-state index contributed by atoms with van der Waals surface area (Å²) in [4.78, 5) is 14.8. The standard InChI is InChI=1S/C23H36N2O4/c1-3-4-7-13-24-21(27)16-25-14-12-23(28)11-6-5-8-18(23)22(25)17-9-10-19(26)20(15-17)29-2/h9-10,15,18,22,26,28H,3-8,11-14,16H2,1-2H3,(H,24,27)/t18-,22-,23-/m1/s1. The SMILES string of the molecule is CCCCCNC(=O)CN1CC[C@]2(O)CCCC[C@@H]2[C@H]1c1ccc(O)c(OC)c1. The number of fused-ring (bicyclic) bond motifs is 1. The zero-order valence-corrected chi connectivity index (χ0v) is 17.8. The number of aliphatic hydroxyl groups is 1. The maximum Gasteiger partial charge on any atom is 0.234 e. The van der Waals surface area contributed by atoms with E-state index < -0.39 is 5.60 Å². The van der Waals surface area contributed by atoms with Crippen molar-refractivity contribution in [2.75, 3.05) is 26.7 Å². The first-order chi connectivity index (χ1) is 14.0. The lowest BCUT2D eigenvalue weighted by molar-refractivity contribution is -0.137. The lowest BCUT2D eigenvalue weighted by Crippen LogP contribution is -2.56. The number of hydrogen-bond donors (Lipinski definition) is 3. The predicted molar refractivity (Wildman–Crippen MR) is 113 cm³/mol. The first-order valence-electron chi connectivity index (χ1n) is 11.1. The van der Waals surface area contributed by atoms with Crippen molar-refractivity contribution in [1.82, 2.24) is 10.2 Å². The Bertz CT molecular complexity index is 695. The van der Waals surface area contributed by atoms with Crippen molar-refractivity contribution in [3.63, 3.8) is 0 Å². The number of unbranched alkanes of at least 4 members (excludes halogenated alkanes) is 2. The van der Waals surface area contributed by atoms with Crippen molar-refractivity contribution in [1.29, 1.82) is 0 Å². The number of likely N-dealkylation sites (tertiary alicyclic amines) is 1. The highest BCUT2D eigenvalue weighted by molar-refractivity contribution is 5.78. The van der Waals surface area contributed by atoms with Crippen molar-refractivity contribution in [3.05, 3.63) is 23.8 Å². The van der Waals surface area contributed by atoms with Crippen LogP contribution in [0, 0.1) is 5.92 Å². The van der Waals surface area contributed by atoms with Gasteiger partial charge in [0.05, 0.1) is 19.3 Å². The van der Waals surface area contributed by atoms with Crippen LogP contribution in [0.4, 0.5) is 0 Å². The quantitative estimate of drug-likeness (QED) is 0.579. The second-order valence-electron chi connectivity index (χ2n) is 8.61. The van der Waals surface area contributed by atoms with Crippen LogP contribution in [0.2, 0.25) is 0 Å². The number of phenols is 1. The Hall–Kier alpha value is -1.79. The molecule has 1 saturated heterocycles. The van der Waals surface area contributed by atoms with Crippen LogP contribution in [0.15, 0.2) is 18.2 Å². The number of piperidine rings is 1. The molecule has 29 heavy (non-hydrogen) atoms. The molecule has 6 heteroatoms. The largest absolute Gasteiger partial charge is 0.504 e. The first kappa shape index (κ1) is 21.9. The summed E-state index contributed by atoms with van der Waals surface area (Å²) in [5, 5.41) is 24.4. The van der Waals surface area contributed by atoms with Crippen LogP contribution in [-0.2, 0) is 4.79 Å². The van der Waals surface area contributed by atoms with Crippen molar-refractivity contribution in [3.8, 4) is 11.5 Å². The molecule has 1 heterocycles. The van der Waals surface area contributed by atoms with Crippen LogP contribution in [0.1, 0.15) is 69.9 Å². The number of rotatable bonds is 8. The molecule has 0 bridgehead atoms. The molecule has 162 valence electrons. The number of carbonyl (C=O) groups is 1. The minimum absolute atomic E-state index is 0.0399. The lowest BCUT2D eigenvalue weighted by Gasteiger charge is -2.52. The average molecular weight is 405 g/mol. The van der Waals surface area contributed by atoms with Crippen molar-refractivity contribution >= 4 is 5.91 Å². The summed E-state index contributed by atoms with van der Waals surface area (Å²) < 4.78 is 5.32. The number of ether oxygens (including phenoxy) is 1. The fourth-order valence-corrected chi connectivity index (χ4v) is 5.08. The van der Waals surface area contributed by atoms with Crippen LogP contribution < -0.4 is 10.1 Å². The van der Waals surface area contributed by atoms with E-state index >= 15 is 0 Å². The molecular weight excluding hydrogens is 368 g/mol. The molecular formula is C23H36N2O4. The van der Waals surface area contributed by atoms with Gasteiger partial charge in [0.25, 0.3) is 0 Å². The molecule has 1 aromatic carbocycles. The molecule has 0 unspecified atom stereocenters. The molecule has 0 aromatic heterocycles.